The van der Waals surface area contributed by atoms with Crippen LogP contribution in [0.15, 0.2) is 10.7 Å². The van der Waals surface area contributed by atoms with E-state index in [1.165, 1.54) is 0 Å². The van der Waals surface area contributed by atoms with Gasteiger partial charge >= 0.3 is 0 Å². The van der Waals surface area contributed by atoms with E-state index in [-0.39, 0.29) is 17.9 Å². The molecule has 25 heavy (non-hydrogen) atoms. The minimum Gasteiger partial charge on any atom is -0.339 e. The van der Waals surface area contributed by atoms with E-state index >= 15 is 0 Å². The van der Waals surface area contributed by atoms with Crippen LogP contribution in [0.5, 0.6) is 0 Å². The Labute approximate surface area is 146 Å². The van der Waals surface area contributed by atoms with Crippen molar-refractivity contribution in [3.05, 3.63) is 23.6 Å². The average molecular weight is 347 g/mol. The summed E-state index contributed by atoms with van der Waals surface area (Å²) in [6, 6.07) is -0.189. The molecule has 9 nitrogen and oxygen atoms in total. The molecule has 1 aliphatic heterocycles. The van der Waals surface area contributed by atoms with Gasteiger partial charge in [0.05, 0.1) is 18.8 Å². The second kappa shape index (κ2) is 7.73. The lowest BCUT2D eigenvalue weighted by molar-refractivity contribution is 0.0664. The van der Waals surface area contributed by atoms with Crippen molar-refractivity contribution in [3.8, 4) is 0 Å². The smallest absolute Gasteiger partial charge is 0.276 e. The van der Waals surface area contributed by atoms with Gasteiger partial charge in [0.1, 0.15) is 0 Å². The monoisotopic (exact) mass is 347 g/mol. The van der Waals surface area contributed by atoms with Gasteiger partial charge in [-0.1, -0.05) is 37.1 Å². The fourth-order valence-electron chi connectivity index (χ4n) is 3.02. The molecule has 1 unspecified atom stereocenters. The molecule has 3 rings (SSSR count). The van der Waals surface area contributed by atoms with Crippen molar-refractivity contribution in [2.45, 2.75) is 58.0 Å². The summed E-state index contributed by atoms with van der Waals surface area (Å²) in [4.78, 5) is 19.3. The number of rotatable bonds is 5. The summed E-state index contributed by atoms with van der Waals surface area (Å²) in [5.41, 5.74) is 5.85. The third-order valence-corrected chi connectivity index (χ3v) is 4.38. The Hall–Kier alpha value is -2.29. The number of hydrogen-bond acceptors (Lipinski definition) is 7. The number of carbonyl (C=O) groups is 1. The minimum atomic E-state index is -0.189. The van der Waals surface area contributed by atoms with E-state index in [0.29, 0.717) is 37.0 Å². The predicted octanol–water partition coefficient (Wildman–Crippen LogP) is 1.50. The van der Waals surface area contributed by atoms with Crippen LogP contribution in [0.4, 0.5) is 0 Å². The van der Waals surface area contributed by atoms with Gasteiger partial charge in [0, 0.05) is 19.0 Å². The van der Waals surface area contributed by atoms with Crippen molar-refractivity contribution in [1.29, 1.82) is 0 Å². The maximum Gasteiger partial charge on any atom is 0.276 e. The van der Waals surface area contributed by atoms with Crippen LogP contribution in [0.25, 0.3) is 0 Å². The topological polar surface area (TPSA) is 116 Å². The van der Waals surface area contributed by atoms with Gasteiger partial charge in [0.15, 0.2) is 11.5 Å². The molecule has 1 aliphatic rings. The highest BCUT2D eigenvalue weighted by Crippen LogP contribution is 2.30. The highest BCUT2D eigenvalue weighted by molar-refractivity contribution is 5.92. The van der Waals surface area contributed by atoms with E-state index in [0.717, 1.165) is 25.7 Å². The molecule has 0 bridgehead atoms. The Morgan fingerprint density at radius 3 is 2.96 bits per heavy atom. The highest BCUT2D eigenvalue weighted by atomic mass is 16.5. The molecule has 2 N–H and O–H groups in total. The largest absolute Gasteiger partial charge is 0.339 e. The van der Waals surface area contributed by atoms with Gasteiger partial charge in [0.25, 0.3) is 5.91 Å². The molecular formula is C16H25N7O2. The van der Waals surface area contributed by atoms with E-state index in [1.54, 1.807) is 15.8 Å². The van der Waals surface area contributed by atoms with Crippen molar-refractivity contribution in [1.82, 2.24) is 30.0 Å². The molecule has 0 aliphatic carbocycles. The summed E-state index contributed by atoms with van der Waals surface area (Å²) < 4.78 is 6.93. The van der Waals surface area contributed by atoms with Gasteiger partial charge in [-0.25, -0.2) is 0 Å². The van der Waals surface area contributed by atoms with E-state index in [9.17, 15) is 4.79 Å². The van der Waals surface area contributed by atoms with Gasteiger partial charge < -0.3 is 15.2 Å². The van der Waals surface area contributed by atoms with E-state index in [4.69, 9.17) is 10.3 Å². The van der Waals surface area contributed by atoms with Gasteiger partial charge in [-0.05, 0) is 12.8 Å². The Balaban J connectivity index is 1.84. The van der Waals surface area contributed by atoms with Gasteiger partial charge in [-0.3, -0.25) is 9.48 Å². The quantitative estimate of drug-likeness (QED) is 0.871. The van der Waals surface area contributed by atoms with Crippen LogP contribution >= 0.6 is 0 Å². The first-order valence-corrected chi connectivity index (χ1v) is 8.84. The molecule has 2 aromatic heterocycles. The maximum absolute atomic E-state index is 13.0. The molecule has 0 spiro atoms. The second-order valence-electron chi connectivity index (χ2n) is 6.66. The number of amides is 1. The first kappa shape index (κ1) is 17.5. The van der Waals surface area contributed by atoms with E-state index in [2.05, 4.69) is 20.5 Å². The second-order valence-corrected chi connectivity index (χ2v) is 6.66. The first-order chi connectivity index (χ1) is 12.1. The maximum atomic E-state index is 13.0. The van der Waals surface area contributed by atoms with Crippen molar-refractivity contribution in [2.75, 3.05) is 13.1 Å². The fourth-order valence-corrected chi connectivity index (χ4v) is 3.02. The molecule has 0 radical (unpaired) electrons. The lowest BCUT2D eigenvalue weighted by Crippen LogP contribution is -2.35. The van der Waals surface area contributed by atoms with E-state index < -0.39 is 0 Å². The van der Waals surface area contributed by atoms with Crippen LogP contribution < -0.4 is 5.73 Å². The number of hydrogen-bond donors (Lipinski definition) is 1. The summed E-state index contributed by atoms with van der Waals surface area (Å²) in [5.74, 6) is 1.19. The lowest BCUT2D eigenvalue weighted by Gasteiger charge is -2.26. The van der Waals surface area contributed by atoms with Crippen LogP contribution in [0.2, 0.25) is 0 Å². The number of nitrogens with zero attached hydrogens (tertiary/aromatic N) is 6. The van der Waals surface area contributed by atoms with Crippen LogP contribution in [0.3, 0.4) is 0 Å². The molecule has 9 heteroatoms. The average Bonchev–Trinajstić information content (AvgIpc) is 3.19. The zero-order chi connectivity index (χ0) is 17.8. The minimum absolute atomic E-state index is 0.147. The van der Waals surface area contributed by atoms with Crippen LogP contribution in [0.1, 0.15) is 73.7 Å². The number of aromatic nitrogens is 5. The number of likely N-dealkylation sites (tertiary alicyclic amines) is 1. The first-order valence-electron chi connectivity index (χ1n) is 8.84. The van der Waals surface area contributed by atoms with Crippen molar-refractivity contribution in [2.24, 2.45) is 5.73 Å². The third kappa shape index (κ3) is 3.87. The van der Waals surface area contributed by atoms with Gasteiger partial charge in [0.2, 0.25) is 5.89 Å². The number of carbonyl (C=O) groups excluding carboxylic acids is 1. The molecule has 136 valence electrons. The fraction of sp³-hybridized carbons (Fsp3) is 0.688. The lowest BCUT2D eigenvalue weighted by atomic mass is 10.1. The summed E-state index contributed by atoms with van der Waals surface area (Å²) in [5, 5.41) is 12.1. The van der Waals surface area contributed by atoms with Crippen molar-refractivity contribution in [3.63, 3.8) is 0 Å². The molecule has 1 amide bonds. The van der Waals surface area contributed by atoms with Gasteiger partial charge in [-0.15, -0.1) is 5.10 Å². The molecule has 0 saturated carbocycles. The Kier molecular flexibility index (Phi) is 5.42. The van der Waals surface area contributed by atoms with Crippen LogP contribution in [-0.4, -0.2) is 49.0 Å². The summed E-state index contributed by atoms with van der Waals surface area (Å²) in [7, 11) is 0. The highest BCUT2D eigenvalue weighted by Gasteiger charge is 2.32. The molecule has 1 saturated heterocycles. The zero-order valence-electron chi connectivity index (χ0n) is 14.8. The Morgan fingerprint density at radius 1 is 1.40 bits per heavy atom. The SMILES string of the molecule is CC(C)c1nc(C2CCCCCN2C(=O)c2cn(CCN)nn2)no1. The zero-order valence-corrected chi connectivity index (χ0v) is 14.8. The molecule has 0 aromatic carbocycles. The molecule has 2 aromatic rings. The van der Waals surface area contributed by atoms with Crippen LogP contribution in [-0.2, 0) is 6.54 Å². The molecule has 3 heterocycles. The van der Waals surface area contributed by atoms with E-state index in [1.807, 2.05) is 13.8 Å². The standard InChI is InChI=1S/C16H25N7O2/c1-11(2)15-18-14(20-25-15)13-6-4-3-5-8-23(13)16(24)12-10-22(9-7-17)21-19-12/h10-11,13H,3-9,17H2,1-2H3. The normalized spacial score (nSPS) is 18.6. The Bertz CT molecular complexity index is 709. The molecular weight excluding hydrogens is 322 g/mol. The van der Waals surface area contributed by atoms with Crippen LogP contribution in [0, 0.1) is 0 Å². The number of nitrogens with two attached hydrogens (primary N) is 1. The summed E-state index contributed by atoms with van der Waals surface area (Å²) in [6.07, 6.45) is 5.52. The molecule has 1 fully saturated rings. The third-order valence-electron chi connectivity index (χ3n) is 4.38. The predicted molar refractivity (Wildman–Crippen MR) is 89.7 cm³/mol. The summed E-state index contributed by atoms with van der Waals surface area (Å²) in [6.45, 7) is 5.64. The molecule has 1 atom stereocenters. The van der Waals surface area contributed by atoms with Crippen molar-refractivity contribution >= 4 is 5.91 Å². The summed E-state index contributed by atoms with van der Waals surface area (Å²) >= 11 is 0. The van der Waals surface area contributed by atoms with Crippen molar-refractivity contribution < 1.29 is 9.32 Å². The van der Waals surface area contributed by atoms with Gasteiger partial charge in [-0.2, -0.15) is 4.98 Å². The Morgan fingerprint density at radius 2 is 2.24 bits per heavy atom.